The van der Waals surface area contributed by atoms with E-state index in [1.165, 1.54) is 6.33 Å². The molecule has 0 aliphatic rings. The summed E-state index contributed by atoms with van der Waals surface area (Å²) in [4.78, 5) is 19.7. The highest BCUT2D eigenvalue weighted by Crippen LogP contribution is 2.19. The average molecular weight is 317 g/mol. The molecule has 0 bridgehead atoms. The number of aromatic nitrogens is 2. The Kier molecular flexibility index (Phi) is 6.21. The fourth-order valence-electron chi connectivity index (χ4n) is 1.98. The fraction of sp³-hybridized carbons (Fsp3) is 0.312. The summed E-state index contributed by atoms with van der Waals surface area (Å²) in [6.45, 7) is 2.06. The van der Waals surface area contributed by atoms with Gasteiger partial charge in [-0.2, -0.15) is 11.8 Å². The predicted molar refractivity (Wildman–Crippen MR) is 90.1 cm³/mol. The molecule has 116 valence electrons. The molecular weight excluding hydrogens is 298 g/mol. The maximum Gasteiger partial charge on any atom is 0.326 e. The predicted octanol–water partition coefficient (Wildman–Crippen LogP) is 3.15. The quantitative estimate of drug-likeness (QED) is 0.729. The van der Waals surface area contributed by atoms with Gasteiger partial charge in [-0.1, -0.05) is 37.3 Å². The second kappa shape index (κ2) is 8.38. The molecule has 2 aromatic rings. The number of hydrogen-bond acceptors (Lipinski definition) is 5. The van der Waals surface area contributed by atoms with Gasteiger partial charge in [0.25, 0.3) is 0 Å². The number of aliphatic carboxylic acids is 1. The molecule has 5 nitrogen and oxygen atoms in total. The van der Waals surface area contributed by atoms with E-state index in [0.29, 0.717) is 12.2 Å². The van der Waals surface area contributed by atoms with Crippen molar-refractivity contribution in [3.8, 4) is 11.3 Å². The van der Waals surface area contributed by atoms with E-state index < -0.39 is 12.0 Å². The minimum absolute atomic E-state index is 0.530. The number of thioether (sulfide) groups is 1. The van der Waals surface area contributed by atoms with E-state index in [2.05, 4.69) is 22.2 Å². The third-order valence-electron chi connectivity index (χ3n) is 3.11. The molecule has 1 atom stereocenters. The number of carbonyl (C=O) groups is 1. The molecule has 0 fully saturated rings. The maximum atomic E-state index is 11.3. The lowest BCUT2D eigenvalue weighted by Crippen LogP contribution is -2.30. The summed E-state index contributed by atoms with van der Waals surface area (Å²) in [6.07, 6.45) is 2.00. The number of anilines is 1. The normalized spacial score (nSPS) is 11.9. The van der Waals surface area contributed by atoms with Crippen LogP contribution in [-0.2, 0) is 4.79 Å². The van der Waals surface area contributed by atoms with Crippen molar-refractivity contribution in [2.75, 3.05) is 16.8 Å². The highest BCUT2D eigenvalue weighted by Gasteiger charge is 2.17. The zero-order valence-electron chi connectivity index (χ0n) is 12.4. The van der Waals surface area contributed by atoms with Crippen molar-refractivity contribution in [1.82, 2.24) is 9.97 Å². The summed E-state index contributed by atoms with van der Waals surface area (Å²) in [5, 5.41) is 12.3. The molecule has 0 saturated heterocycles. The molecule has 1 aromatic heterocycles. The lowest BCUT2D eigenvalue weighted by molar-refractivity contribution is -0.137. The molecule has 6 heteroatoms. The molecule has 0 spiro atoms. The maximum absolute atomic E-state index is 11.3. The van der Waals surface area contributed by atoms with Gasteiger partial charge < -0.3 is 10.4 Å². The minimum atomic E-state index is -0.864. The Balaban J connectivity index is 2.09. The zero-order valence-corrected chi connectivity index (χ0v) is 13.2. The monoisotopic (exact) mass is 317 g/mol. The first kappa shape index (κ1) is 16.3. The topological polar surface area (TPSA) is 75.1 Å². The molecule has 0 aliphatic carbocycles. The van der Waals surface area contributed by atoms with E-state index in [1.807, 2.05) is 30.3 Å². The van der Waals surface area contributed by atoms with Crippen molar-refractivity contribution >= 4 is 23.5 Å². The van der Waals surface area contributed by atoms with Crippen molar-refractivity contribution in [2.45, 2.75) is 19.4 Å². The fourth-order valence-corrected chi connectivity index (χ4v) is 2.68. The van der Waals surface area contributed by atoms with Gasteiger partial charge in [-0.25, -0.2) is 14.8 Å². The van der Waals surface area contributed by atoms with E-state index in [9.17, 15) is 9.90 Å². The minimum Gasteiger partial charge on any atom is -0.480 e. The van der Waals surface area contributed by atoms with Crippen LogP contribution in [0.15, 0.2) is 42.7 Å². The molecule has 1 heterocycles. The summed E-state index contributed by atoms with van der Waals surface area (Å²) < 4.78 is 0. The van der Waals surface area contributed by atoms with Crippen LogP contribution in [0.4, 0.5) is 5.82 Å². The van der Waals surface area contributed by atoms with Crippen molar-refractivity contribution in [1.29, 1.82) is 0 Å². The van der Waals surface area contributed by atoms with Crippen LogP contribution < -0.4 is 5.32 Å². The molecule has 0 aliphatic heterocycles. The van der Waals surface area contributed by atoms with Crippen LogP contribution in [-0.4, -0.2) is 38.6 Å². The van der Waals surface area contributed by atoms with Gasteiger partial charge in [-0.15, -0.1) is 0 Å². The average Bonchev–Trinajstić information content (AvgIpc) is 2.55. The smallest absolute Gasteiger partial charge is 0.326 e. The largest absolute Gasteiger partial charge is 0.480 e. The highest BCUT2D eigenvalue weighted by atomic mass is 32.2. The van der Waals surface area contributed by atoms with Gasteiger partial charge >= 0.3 is 5.97 Å². The summed E-state index contributed by atoms with van der Waals surface area (Å²) in [6, 6.07) is 10.9. The van der Waals surface area contributed by atoms with Gasteiger partial charge in [-0.3, -0.25) is 0 Å². The Hall–Kier alpha value is -2.08. The Morgan fingerprint density at radius 2 is 2.09 bits per heavy atom. The molecule has 22 heavy (non-hydrogen) atoms. The molecular formula is C16H19N3O2S. The van der Waals surface area contributed by atoms with Gasteiger partial charge in [-0.05, 0) is 17.9 Å². The van der Waals surface area contributed by atoms with Crippen LogP contribution in [0, 0.1) is 0 Å². The Labute approximate surface area is 134 Å². The molecule has 0 amide bonds. The van der Waals surface area contributed by atoms with Crippen LogP contribution in [0.3, 0.4) is 0 Å². The Bertz CT molecular complexity index is 607. The Morgan fingerprint density at radius 3 is 2.77 bits per heavy atom. The number of benzene rings is 1. The van der Waals surface area contributed by atoms with E-state index >= 15 is 0 Å². The summed E-state index contributed by atoms with van der Waals surface area (Å²) >= 11 is 1.73. The molecule has 0 saturated carbocycles. The molecule has 2 rings (SSSR count). The zero-order chi connectivity index (χ0) is 15.8. The van der Waals surface area contributed by atoms with Gasteiger partial charge in [0.05, 0.1) is 5.69 Å². The number of hydrogen-bond donors (Lipinski definition) is 2. The highest BCUT2D eigenvalue weighted by molar-refractivity contribution is 7.99. The van der Waals surface area contributed by atoms with Gasteiger partial charge in [0.2, 0.25) is 0 Å². The second-order valence-corrected chi connectivity index (χ2v) is 6.07. The van der Waals surface area contributed by atoms with Crippen molar-refractivity contribution < 1.29 is 9.90 Å². The number of nitrogens with one attached hydrogen (secondary N) is 1. The number of rotatable bonds is 8. The van der Waals surface area contributed by atoms with Crippen molar-refractivity contribution in [3.63, 3.8) is 0 Å². The molecule has 0 radical (unpaired) electrons. The molecule has 2 N–H and O–H groups in total. The SMILES string of the molecule is CCSCCC(Nc1cc(-c2ccccc2)ncn1)C(=O)O. The lowest BCUT2D eigenvalue weighted by Gasteiger charge is -2.15. The Morgan fingerprint density at radius 1 is 1.32 bits per heavy atom. The van der Waals surface area contributed by atoms with Crippen LogP contribution in [0.25, 0.3) is 11.3 Å². The standard InChI is InChI=1S/C16H19N3O2S/c1-2-22-9-8-13(16(20)21)19-15-10-14(17-11-18-15)12-6-4-3-5-7-12/h3-7,10-11,13H,2,8-9H2,1H3,(H,20,21)(H,17,18,19). The first-order chi connectivity index (χ1) is 10.7. The first-order valence-electron chi connectivity index (χ1n) is 7.15. The molecule has 1 aromatic carbocycles. The van der Waals surface area contributed by atoms with Crippen molar-refractivity contribution in [2.24, 2.45) is 0 Å². The van der Waals surface area contributed by atoms with Crippen LogP contribution >= 0.6 is 11.8 Å². The summed E-state index contributed by atoms with van der Waals surface area (Å²) in [5.74, 6) is 1.45. The van der Waals surface area contributed by atoms with Gasteiger partial charge in [0, 0.05) is 11.6 Å². The first-order valence-corrected chi connectivity index (χ1v) is 8.30. The second-order valence-electron chi connectivity index (χ2n) is 4.68. The van der Waals surface area contributed by atoms with E-state index in [-0.39, 0.29) is 0 Å². The summed E-state index contributed by atoms with van der Waals surface area (Å²) in [7, 11) is 0. The molecule has 1 unspecified atom stereocenters. The lowest BCUT2D eigenvalue weighted by atomic mass is 10.1. The van der Waals surface area contributed by atoms with Crippen molar-refractivity contribution in [3.05, 3.63) is 42.7 Å². The van der Waals surface area contributed by atoms with E-state index in [0.717, 1.165) is 22.8 Å². The summed E-state index contributed by atoms with van der Waals surface area (Å²) in [5.41, 5.74) is 1.74. The third kappa shape index (κ3) is 4.73. The van der Waals surface area contributed by atoms with Crippen LogP contribution in [0.1, 0.15) is 13.3 Å². The van der Waals surface area contributed by atoms with E-state index in [4.69, 9.17) is 0 Å². The third-order valence-corrected chi connectivity index (χ3v) is 4.04. The number of carboxylic acids is 1. The number of carboxylic acid groups (broad SMARTS) is 1. The van der Waals surface area contributed by atoms with E-state index in [1.54, 1.807) is 17.8 Å². The van der Waals surface area contributed by atoms with Gasteiger partial charge in [0.15, 0.2) is 0 Å². The number of nitrogens with zero attached hydrogens (tertiary/aromatic N) is 2. The van der Waals surface area contributed by atoms with Crippen LogP contribution in [0.5, 0.6) is 0 Å². The van der Waals surface area contributed by atoms with Gasteiger partial charge in [0.1, 0.15) is 18.2 Å². The van der Waals surface area contributed by atoms with Crippen LogP contribution in [0.2, 0.25) is 0 Å².